The van der Waals surface area contributed by atoms with Gasteiger partial charge in [0.25, 0.3) is 0 Å². The third-order valence-electron chi connectivity index (χ3n) is 2.25. The molecule has 1 rings (SSSR count). The number of hydrogen-bond donors (Lipinski definition) is 2. The third kappa shape index (κ3) is 2.56. The Morgan fingerprint density at radius 3 is 2.50 bits per heavy atom. The SMILES string of the molecule is CC(C)c1ccc(Br)cc1C(O)CN. The van der Waals surface area contributed by atoms with Gasteiger partial charge in [-0.1, -0.05) is 35.8 Å². The van der Waals surface area contributed by atoms with E-state index in [1.54, 1.807) is 0 Å². The van der Waals surface area contributed by atoms with Crippen molar-refractivity contribution in [1.82, 2.24) is 0 Å². The van der Waals surface area contributed by atoms with Crippen molar-refractivity contribution >= 4 is 15.9 Å². The van der Waals surface area contributed by atoms with E-state index in [0.717, 1.165) is 15.6 Å². The fourth-order valence-electron chi connectivity index (χ4n) is 1.49. The van der Waals surface area contributed by atoms with E-state index in [-0.39, 0.29) is 6.54 Å². The van der Waals surface area contributed by atoms with E-state index in [0.29, 0.717) is 5.92 Å². The number of nitrogens with two attached hydrogens (primary N) is 1. The molecule has 0 bridgehead atoms. The summed E-state index contributed by atoms with van der Waals surface area (Å²) >= 11 is 3.39. The van der Waals surface area contributed by atoms with Crippen molar-refractivity contribution in [2.75, 3.05) is 6.54 Å². The summed E-state index contributed by atoms with van der Waals surface area (Å²) in [5.41, 5.74) is 7.54. The first-order valence-corrected chi connectivity index (χ1v) is 5.53. The van der Waals surface area contributed by atoms with Gasteiger partial charge in [-0.15, -0.1) is 0 Å². The van der Waals surface area contributed by atoms with Crippen LogP contribution in [-0.2, 0) is 0 Å². The van der Waals surface area contributed by atoms with E-state index < -0.39 is 6.10 Å². The lowest BCUT2D eigenvalue weighted by Crippen LogP contribution is -2.14. The van der Waals surface area contributed by atoms with Crippen molar-refractivity contribution in [3.63, 3.8) is 0 Å². The number of benzene rings is 1. The fourth-order valence-corrected chi connectivity index (χ4v) is 1.87. The van der Waals surface area contributed by atoms with Crippen LogP contribution in [0.15, 0.2) is 22.7 Å². The van der Waals surface area contributed by atoms with E-state index in [2.05, 4.69) is 29.8 Å². The molecule has 0 saturated carbocycles. The molecule has 1 aromatic carbocycles. The molecule has 2 nitrogen and oxygen atoms in total. The van der Waals surface area contributed by atoms with Gasteiger partial charge in [-0.05, 0) is 29.2 Å². The Kier molecular flexibility index (Phi) is 4.11. The number of aliphatic hydroxyl groups excluding tert-OH is 1. The van der Waals surface area contributed by atoms with Crippen LogP contribution in [0.25, 0.3) is 0 Å². The Labute approximate surface area is 93.3 Å². The highest BCUT2D eigenvalue weighted by Gasteiger charge is 2.13. The van der Waals surface area contributed by atoms with Crippen LogP contribution in [0.5, 0.6) is 0 Å². The van der Waals surface area contributed by atoms with Gasteiger partial charge in [0, 0.05) is 11.0 Å². The Bertz CT molecular complexity index is 312. The summed E-state index contributed by atoms with van der Waals surface area (Å²) in [7, 11) is 0. The van der Waals surface area contributed by atoms with Crippen molar-refractivity contribution in [3.8, 4) is 0 Å². The molecular weight excluding hydrogens is 242 g/mol. The van der Waals surface area contributed by atoms with Crippen LogP contribution in [0.1, 0.15) is 37.0 Å². The molecule has 1 unspecified atom stereocenters. The van der Waals surface area contributed by atoms with Gasteiger partial charge in [0.1, 0.15) is 0 Å². The lowest BCUT2D eigenvalue weighted by Gasteiger charge is -2.16. The molecule has 0 spiro atoms. The van der Waals surface area contributed by atoms with Crippen molar-refractivity contribution in [3.05, 3.63) is 33.8 Å². The third-order valence-corrected chi connectivity index (χ3v) is 2.75. The molecule has 14 heavy (non-hydrogen) atoms. The zero-order chi connectivity index (χ0) is 10.7. The Morgan fingerprint density at radius 2 is 2.00 bits per heavy atom. The average Bonchev–Trinajstić information content (AvgIpc) is 2.16. The molecular formula is C11H16BrNO. The fraction of sp³-hybridized carbons (Fsp3) is 0.455. The first-order valence-electron chi connectivity index (χ1n) is 4.73. The summed E-state index contributed by atoms with van der Waals surface area (Å²) in [6.07, 6.45) is -0.565. The highest BCUT2D eigenvalue weighted by atomic mass is 79.9. The van der Waals surface area contributed by atoms with E-state index >= 15 is 0 Å². The summed E-state index contributed by atoms with van der Waals surface area (Å²) in [4.78, 5) is 0. The highest BCUT2D eigenvalue weighted by molar-refractivity contribution is 9.10. The van der Waals surface area contributed by atoms with E-state index in [1.807, 2.05) is 18.2 Å². The van der Waals surface area contributed by atoms with E-state index in [4.69, 9.17) is 5.73 Å². The van der Waals surface area contributed by atoms with Crippen LogP contribution in [-0.4, -0.2) is 11.7 Å². The Hall–Kier alpha value is -0.380. The van der Waals surface area contributed by atoms with Gasteiger partial charge in [-0.2, -0.15) is 0 Å². The zero-order valence-electron chi connectivity index (χ0n) is 8.50. The normalized spacial score (nSPS) is 13.3. The molecule has 3 N–H and O–H groups in total. The summed E-state index contributed by atoms with van der Waals surface area (Å²) in [6.45, 7) is 4.47. The van der Waals surface area contributed by atoms with Gasteiger partial charge in [0.05, 0.1) is 6.10 Å². The van der Waals surface area contributed by atoms with Gasteiger partial charge < -0.3 is 10.8 Å². The van der Waals surface area contributed by atoms with Gasteiger partial charge in [0.2, 0.25) is 0 Å². The molecule has 0 aromatic heterocycles. The zero-order valence-corrected chi connectivity index (χ0v) is 10.1. The van der Waals surface area contributed by atoms with Crippen molar-refractivity contribution < 1.29 is 5.11 Å². The monoisotopic (exact) mass is 257 g/mol. The molecule has 0 saturated heterocycles. The molecule has 78 valence electrons. The van der Waals surface area contributed by atoms with Crippen LogP contribution in [0.3, 0.4) is 0 Å². The molecule has 0 fully saturated rings. The molecule has 1 atom stereocenters. The minimum atomic E-state index is -0.565. The first-order chi connectivity index (χ1) is 6.56. The van der Waals surface area contributed by atoms with Crippen LogP contribution in [0.2, 0.25) is 0 Å². The standard InChI is InChI=1S/C11H16BrNO/c1-7(2)9-4-3-8(12)5-10(9)11(14)6-13/h3-5,7,11,14H,6,13H2,1-2H3. The molecule has 0 aliphatic rings. The number of halogens is 1. The minimum absolute atomic E-state index is 0.260. The Balaban J connectivity index is 3.15. The van der Waals surface area contributed by atoms with Crippen molar-refractivity contribution in [2.45, 2.75) is 25.9 Å². The molecule has 3 heteroatoms. The quantitative estimate of drug-likeness (QED) is 0.875. The van der Waals surface area contributed by atoms with Gasteiger partial charge in [-0.3, -0.25) is 0 Å². The molecule has 0 radical (unpaired) electrons. The largest absolute Gasteiger partial charge is 0.387 e. The lowest BCUT2D eigenvalue weighted by atomic mass is 9.94. The summed E-state index contributed by atoms with van der Waals surface area (Å²) in [5, 5.41) is 9.74. The second-order valence-electron chi connectivity index (χ2n) is 3.68. The first kappa shape index (κ1) is 11.7. The van der Waals surface area contributed by atoms with Crippen molar-refractivity contribution in [1.29, 1.82) is 0 Å². The number of aliphatic hydroxyl groups is 1. The van der Waals surface area contributed by atoms with Crippen molar-refractivity contribution in [2.24, 2.45) is 5.73 Å². The molecule has 1 aromatic rings. The minimum Gasteiger partial charge on any atom is -0.387 e. The summed E-state index contributed by atoms with van der Waals surface area (Å²) in [5.74, 6) is 0.402. The molecule has 0 aliphatic carbocycles. The van der Waals surface area contributed by atoms with Crippen LogP contribution < -0.4 is 5.73 Å². The maximum Gasteiger partial charge on any atom is 0.0915 e. The molecule has 0 aliphatic heterocycles. The lowest BCUT2D eigenvalue weighted by molar-refractivity contribution is 0.185. The second-order valence-corrected chi connectivity index (χ2v) is 4.60. The van der Waals surface area contributed by atoms with Crippen LogP contribution in [0.4, 0.5) is 0 Å². The van der Waals surface area contributed by atoms with Gasteiger partial charge in [-0.25, -0.2) is 0 Å². The van der Waals surface area contributed by atoms with E-state index in [1.165, 1.54) is 0 Å². The average molecular weight is 258 g/mol. The summed E-state index contributed by atoms with van der Waals surface area (Å²) < 4.78 is 0.976. The van der Waals surface area contributed by atoms with Gasteiger partial charge >= 0.3 is 0 Å². The number of hydrogen-bond acceptors (Lipinski definition) is 2. The topological polar surface area (TPSA) is 46.2 Å². The van der Waals surface area contributed by atoms with E-state index in [9.17, 15) is 5.11 Å². The maximum atomic E-state index is 9.74. The maximum absolute atomic E-state index is 9.74. The molecule has 0 heterocycles. The predicted octanol–water partition coefficient (Wildman–Crippen LogP) is 2.56. The van der Waals surface area contributed by atoms with Crippen LogP contribution in [0, 0.1) is 0 Å². The predicted molar refractivity (Wildman–Crippen MR) is 62.2 cm³/mol. The smallest absolute Gasteiger partial charge is 0.0915 e. The summed E-state index contributed by atoms with van der Waals surface area (Å²) in [6, 6.07) is 5.96. The highest BCUT2D eigenvalue weighted by Crippen LogP contribution is 2.27. The number of rotatable bonds is 3. The Morgan fingerprint density at radius 1 is 1.36 bits per heavy atom. The second kappa shape index (κ2) is 4.91. The van der Waals surface area contributed by atoms with Gasteiger partial charge in [0.15, 0.2) is 0 Å². The molecule has 0 amide bonds. The van der Waals surface area contributed by atoms with Crippen LogP contribution >= 0.6 is 15.9 Å².